The Hall–Kier alpha value is -2.49. The highest BCUT2D eigenvalue weighted by molar-refractivity contribution is 6.38. The number of aryl methyl sites for hydroxylation is 1. The maximum absolute atomic E-state index is 6.62. The second-order valence-corrected chi connectivity index (χ2v) is 8.17. The van der Waals surface area contributed by atoms with Gasteiger partial charge in [0.1, 0.15) is 0 Å². The molecular formula is C24H22Cl2N2O. The van der Waals surface area contributed by atoms with Gasteiger partial charge in [0.25, 0.3) is 5.72 Å². The molecule has 0 radical (unpaired) electrons. The van der Waals surface area contributed by atoms with Crippen LogP contribution in [0.15, 0.2) is 65.9 Å². The van der Waals surface area contributed by atoms with E-state index in [4.69, 9.17) is 28.0 Å². The molecule has 148 valence electrons. The van der Waals surface area contributed by atoms with Crippen molar-refractivity contribution in [1.29, 1.82) is 0 Å². The van der Waals surface area contributed by atoms with Crippen molar-refractivity contribution in [2.45, 2.75) is 33.4 Å². The molecule has 3 nitrogen and oxygen atoms in total. The third-order valence-corrected chi connectivity index (χ3v) is 6.56. The first-order chi connectivity index (χ1) is 13.9. The minimum absolute atomic E-state index is 0.650. The maximum atomic E-state index is 6.62. The van der Waals surface area contributed by atoms with Gasteiger partial charge < -0.3 is 4.84 Å². The Bertz CT molecular complexity index is 1050. The number of rotatable bonds is 2. The third kappa shape index (κ3) is 3.19. The largest absolute Gasteiger partial charge is 0.356 e. The number of hydrogen-bond donors (Lipinski definition) is 0. The van der Waals surface area contributed by atoms with Gasteiger partial charge in [-0.3, -0.25) is 4.90 Å². The molecule has 0 saturated carbocycles. The third-order valence-electron chi connectivity index (χ3n) is 5.43. The highest BCUT2D eigenvalue weighted by atomic mass is 35.5. The van der Waals surface area contributed by atoms with E-state index in [2.05, 4.69) is 41.2 Å². The van der Waals surface area contributed by atoms with Gasteiger partial charge in [-0.2, -0.15) is 0 Å². The molecule has 0 unspecified atom stereocenters. The summed E-state index contributed by atoms with van der Waals surface area (Å²) < 4.78 is 0. The van der Waals surface area contributed by atoms with Gasteiger partial charge in [-0.05, 0) is 68.7 Å². The summed E-state index contributed by atoms with van der Waals surface area (Å²) in [6.45, 7) is 7.99. The van der Waals surface area contributed by atoms with Crippen LogP contribution in [0, 0.1) is 27.7 Å². The standard InChI is InChI=1S/C24H22Cl2N2O/c1-15-9-11-19(12-10-15)28-23(27-29-24(28)13-7-5-6-8-14-24)20-16(2)21(25)18(4)22(26)17(20)3/h5-14H,1-4H3. The molecule has 4 rings (SSSR count). The van der Waals surface area contributed by atoms with Gasteiger partial charge in [-0.25, -0.2) is 0 Å². The van der Waals surface area contributed by atoms with Crippen LogP contribution < -0.4 is 4.90 Å². The van der Waals surface area contributed by atoms with Gasteiger partial charge in [0.05, 0.1) is 0 Å². The van der Waals surface area contributed by atoms with Crippen LogP contribution in [0.25, 0.3) is 0 Å². The quantitative estimate of drug-likeness (QED) is 0.528. The number of nitrogens with zero attached hydrogens (tertiary/aromatic N) is 2. The molecular weight excluding hydrogens is 403 g/mol. The first-order valence-corrected chi connectivity index (χ1v) is 10.2. The summed E-state index contributed by atoms with van der Waals surface area (Å²) in [5.74, 6) is 0.684. The van der Waals surface area contributed by atoms with Crippen molar-refractivity contribution in [3.63, 3.8) is 0 Å². The molecule has 0 aromatic heterocycles. The molecule has 0 saturated heterocycles. The molecule has 1 aliphatic heterocycles. The van der Waals surface area contributed by atoms with E-state index in [1.165, 1.54) is 5.56 Å². The zero-order valence-electron chi connectivity index (χ0n) is 16.8. The second kappa shape index (κ2) is 7.40. The topological polar surface area (TPSA) is 24.8 Å². The Morgan fingerprint density at radius 2 is 1.34 bits per heavy atom. The van der Waals surface area contributed by atoms with E-state index in [9.17, 15) is 0 Å². The zero-order valence-corrected chi connectivity index (χ0v) is 18.3. The number of oxime groups is 1. The minimum Gasteiger partial charge on any atom is -0.356 e. The Morgan fingerprint density at radius 3 is 1.90 bits per heavy atom. The van der Waals surface area contributed by atoms with Crippen LogP contribution in [0.2, 0.25) is 10.0 Å². The van der Waals surface area contributed by atoms with Crippen LogP contribution in [0.3, 0.4) is 0 Å². The van der Waals surface area contributed by atoms with Crippen molar-refractivity contribution in [2.24, 2.45) is 5.16 Å². The van der Waals surface area contributed by atoms with Crippen LogP contribution in [-0.2, 0) is 4.84 Å². The Morgan fingerprint density at radius 1 is 0.793 bits per heavy atom. The summed E-state index contributed by atoms with van der Waals surface area (Å²) in [6.07, 6.45) is 11.9. The lowest BCUT2D eigenvalue weighted by Crippen LogP contribution is -2.46. The van der Waals surface area contributed by atoms with E-state index in [1.807, 2.05) is 57.2 Å². The summed E-state index contributed by atoms with van der Waals surface area (Å²) in [5.41, 5.74) is 4.92. The molecule has 2 aromatic rings. The number of benzene rings is 2. The van der Waals surface area contributed by atoms with Gasteiger partial charge in [0.15, 0.2) is 5.84 Å². The molecule has 0 amide bonds. The van der Waals surface area contributed by atoms with Crippen molar-refractivity contribution >= 4 is 34.7 Å². The van der Waals surface area contributed by atoms with Crippen molar-refractivity contribution < 1.29 is 4.84 Å². The summed E-state index contributed by atoms with van der Waals surface area (Å²) in [4.78, 5) is 8.15. The van der Waals surface area contributed by atoms with Gasteiger partial charge >= 0.3 is 0 Å². The first kappa shape index (κ1) is 19.8. The number of halogens is 2. The van der Waals surface area contributed by atoms with Crippen LogP contribution in [0.1, 0.15) is 27.8 Å². The lowest BCUT2D eigenvalue weighted by Gasteiger charge is -2.33. The maximum Gasteiger partial charge on any atom is 0.254 e. The predicted octanol–water partition coefficient (Wildman–Crippen LogP) is 6.80. The van der Waals surface area contributed by atoms with Crippen LogP contribution >= 0.6 is 23.2 Å². The van der Waals surface area contributed by atoms with Crippen molar-refractivity contribution in [3.05, 3.63) is 98.6 Å². The molecule has 1 spiro atoms. The number of allylic oxidation sites excluding steroid dienone is 4. The average Bonchev–Trinajstić information content (AvgIpc) is 2.90. The fraction of sp³-hybridized carbons (Fsp3) is 0.208. The van der Waals surface area contributed by atoms with Crippen molar-refractivity contribution in [1.82, 2.24) is 0 Å². The molecule has 1 heterocycles. The monoisotopic (exact) mass is 424 g/mol. The molecule has 5 heteroatoms. The molecule has 2 aliphatic rings. The van der Waals surface area contributed by atoms with Crippen LogP contribution in [0.4, 0.5) is 5.69 Å². The van der Waals surface area contributed by atoms with E-state index in [1.54, 1.807) is 0 Å². The Balaban J connectivity index is 1.96. The van der Waals surface area contributed by atoms with Gasteiger partial charge in [-0.1, -0.05) is 70.4 Å². The molecule has 0 fully saturated rings. The first-order valence-electron chi connectivity index (χ1n) is 9.47. The summed E-state index contributed by atoms with van der Waals surface area (Å²) in [5, 5.41) is 5.83. The minimum atomic E-state index is -0.864. The van der Waals surface area contributed by atoms with Crippen molar-refractivity contribution in [3.8, 4) is 0 Å². The average molecular weight is 425 g/mol. The number of hydrogen-bond acceptors (Lipinski definition) is 3. The van der Waals surface area contributed by atoms with E-state index in [0.717, 1.165) is 27.9 Å². The highest BCUT2D eigenvalue weighted by Gasteiger charge is 2.45. The lowest BCUT2D eigenvalue weighted by molar-refractivity contribution is 0.0608. The second-order valence-electron chi connectivity index (χ2n) is 7.41. The number of anilines is 1. The fourth-order valence-corrected chi connectivity index (χ4v) is 4.24. The SMILES string of the molecule is Cc1ccc(N2C(c3c(C)c(Cl)c(C)c(Cl)c3C)=NOC23C=CC=CC=C3)cc1. The normalized spacial score (nSPS) is 16.9. The Labute approximate surface area is 181 Å². The van der Waals surface area contributed by atoms with Gasteiger partial charge in [0, 0.05) is 21.3 Å². The number of amidine groups is 1. The van der Waals surface area contributed by atoms with Crippen molar-refractivity contribution in [2.75, 3.05) is 4.90 Å². The zero-order chi connectivity index (χ0) is 20.8. The van der Waals surface area contributed by atoms with E-state index in [-0.39, 0.29) is 0 Å². The molecule has 0 atom stereocenters. The summed E-state index contributed by atoms with van der Waals surface area (Å²) in [6, 6.07) is 8.30. The van der Waals surface area contributed by atoms with Gasteiger partial charge in [0.2, 0.25) is 0 Å². The van der Waals surface area contributed by atoms with E-state index in [0.29, 0.717) is 15.9 Å². The fourth-order valence-electron chi connectivity index (χ4n) is 3.81. The van der Waals surface area contributed by atoms with Crippen LogP contribution in [0.5, 0.6) is 0 Å². The predicted molar refractivity (Wildman–Crippen MR) is 122 cm³/mol. The van der Waals surface area contributed by atoms with Crippen LogP contribution in [-0.4, -0.2) is 11.6 Å². The van der Waals surface area contributed by atoms with E-state index >= 15 is 0 Å². The molecule has 1 aliphatic carbocycles. The molecule has 2 aromatic carbocycles. The summed E-state index contributed by atoms with van der Waals surface area (Å²) in [7, 11) is 0. The Kier molecular flexibility index (Phi) is 5.05. The smallest absolute Gasteiger partial charge is 0.254 e. The molecule has 0 N–H and O–H groups in total. The van der Waals surface area contributed by atoms with Gasteiger partial charge in [-0.15, -0.1) is 0 Å². The summed E-state index contributed by atoms with van der Waals surface area (Å²) >= 11 is 13.2. The molecule has 29 heavy (non-hydrogen) atoms. The van der Waals surface area contributed by atoms with E-state index < -0.39 is 5.72 Å². The molecule has 0 bridgehead atoms. The lowest BCUT2D eigenvalue weighted by atomic mass is 9.96. The highest BCUT2D eigenvalue weighted by Crippen LogP contribution is 2.41.